The number of carboxylic acids is 1. The number of carbonyl (C=O) groups excluding carboxylic acids is 2. The number of amides is 1. The van der Waals surface area contributed by atoms with E-state index in [1.54, 1.807) is 21.6 Å². The standard InChI is InChI=1S/C38H41ClF5N3O5P2/c39-12-4-1-2-6-14-52-15-7-3-5-13-45-37(48)33-34(42)31(32(38(49)50)35(43)36(33)44)30-26-10-8-24(46-18-22(40)19-46)16-28(26)54(51,53)29-17-25(9-11-27(29)30)47-20-23(41)21-47/h8-11,16-17,22-23H,1-7,12-15,18-21,53H2,(H-,45,48,49,50). The van der Waals surface area contributed by atoms with Crippen LogP contribution in [0.5, 0.6) is 0 Å². The Kier molecular flexibility index (Phi) is 12.8. The van der Waals surface area contributed by atoms with Crippen LogP contribution < -0.4 is 20.6 Å². The fraction of sp³-hybridized carbons (Fsp3) is 0.447. The third-order valence-electron chi connectivity index (χ3n) is 10.0. The Hall–Kier alpha value is -3.37. The van der Waals surface area contributed by atoms with Gasteiger partial charge in [-0.1, -0.05) is 27.8 Å². The van der Waals surface area contributed by atoms with Gasteiger partial charge in [-0.3, -0.25) is 4.79 Å². The number of nitrogens with one attached hydrogen (secondary N) is 1. The average Bonchev–Trinajstić information content (AvgIpc) is 3.11. The molecule has 0 saturated carbocycles. The molecule has 2 unspecified atom stereocenters. The minimum absolute atomic E-state index is 0.00810. The van der Waals surface area contributed by atoms with Gasteiger partial charge in [-0.25, -0.2) is 26.5 Å². The summed E-state index contributed by atoms with van der Waals surface area (Å²) >= 11 is 5.68. The molecule has 3 aliphatic heterocycles. The number of hydrogen-bond donors (Lipinski definition) is 1. The van der Waals surface area contributed by atoms with Crippen LogP contribution in [-0.2, 0) is 9.30 Å². The summed E-state index contributed by atoms with van der Waals surface area (Å²) in [6, 6.07) is 4.51. The van der Waals surface area contributed by atoms with Gasteiger partial charge in [0.15, 0.2) is 31.6 Å². The zero-order chi connectivity index (χ0) is 38.7. The van der Waals surface area contributed by atoms with E-state index >= 15 is 13.2 Å². The van der Waals surface area contributed by atoms with Gasteiger partial charge in [-0.2, -0.15) is 0 Å². The highest BCUT2D eigenvalue weighted by Gasteiger charge is 2.43. The molecular formula is C38H41ClF5N3O5P2. The van der Waals surface area contributed by atoms with Crippen LogP contribution in [0.15, 0.2) is 47.3 Å². The van der Waals surface area contributed by atoms with Crippen molar-refractivity contribution in [1.29, 1.82) is 0 Å². The molecular weight excluding hydrogens is 771 g/mol. The zero-order valence-electron chi connectivity index (χ0n) is 29.5. The first-order chi connectivity index (χ1) is 25.8. The molecule has 2 fully saturated rings. The molecule has 2 atom stereocenters. The van der Waals surface area contributed by atoms with Crippen molar-refractivity contribution in [1.82, 2.24) is 5.32 Å². The van der Waals surface area contributed by atoms with Crippen molar-refractivity contribution in [3.63, 3.8) is 0 Å². The highest BCUT2D eigenvalue weighted by atomic mass is 35.5. The van der Waals surface area contributed by atoms with E-state index in [2.05, 4.69) is 14.2 Å². The minimum Gasteiger partial charge on any atom is -0.545 e. The molecule has 2 aromatic rings. The van der Waals surface area contributed by atoms with Crippen LogP contribution in [0.1, 0.15) is 76.8 Å². The number of allylic oxidation sites excluding steroid dienone is 5. The van der Waals surface area contributed by atoms with Gasteiger partial charge in [-0.15, -0.1) is 11.6 Å². The lowest BCUT2D eigenvalue weighted by Crippen LogP contribution is -2.48. The summed E-state index contributed by atoms with van der Waals surface area (Å²) < 4.78 is 98.0. The number of anilines is 1. The number of halogens is 6. The smallest absolute Gasteiger partial charge is 0.257 e. The Morgan fingerprint density at radius 1 is 0.944 bits per heavy atom. The summed E-state index contributed by atoms with van der Waals surface area (Å²) in [6.45, 7) is -2.28. The molecule has 1 N–H and O–H groups in total. The number of rotatable bonds is 16. The number of carbonyl (C=O) groups is 2. The highest BCUT2D eigenvalue weighted by molar-refractivity contribution is 8.24. The average molecular weight is 812 g/mol. The van der Waals surface area contributed by atoms with Gasteiger partial charge in [0, 0.05) is 70.8 Å². The van der Waals surface area contributed by atoms with E-state index in [1.165, 1.54) is 24.3 Å². The molecule has 2 aromatic carbocycles. The van der Waals surface area contributed by atoms with Crippen molar-refractivity contribution in [3.8, 4) is 0 Å². The number of benzene rings is 2. The number of aromatic carboxylic acids is 1. The lowest BCUT2D eigenvalue weighted by molar-refractivity contribution is -0.599. The quantitative estimate of drug-likeness (QED) is 0.0542. The molecule has 8 nitrogen and oxygen atoms in total. The molecule has 3 heterocycles. The Balaban J connectivity index is 1.34. The summed E-state index contributed by atoms with van der Waals surface area (Å²) in [5.74, 6) is -8.53. The van der Waals surface area contributed by atoms with E-state index in [1.807, 2.05) is 0 Å². The number of unbranched alkanes of at least 4 members (excludes halogenated alkanes) is 5. The number of fused-ring (bicyclic) bond motifs is 2. The van der Waals surface area contributed by atoms with E-state index in [0.717, 1.165) is 25.7 Å². The molecule has 0 bridgehead atoms. The van der Waals surface area contributed by atoms with Crippen molar-refractivity contribution in [2.75, 3.05) is 56.7 Å². The summed E-state index contributed by atoms with van der Waals surface area (Å²) in [5.41, 5.74) is -2.92. The normalized spacial score (nSPS) is 20.7. The second-order valence-corrected chi connectivity index (χ2v) is 18.7. The van der Waals surface area contributed by atoms with Gasteiger partial charge in [0.1, 0.15) is 17.6 Å². The molecule has 0 spiro atoms. The molecule has 16 heteroatoms. The first kappa shape index (κ1) is 40.3. The van der Waals surface area contributed by atoms with Crippen molar-refractivity contribution in [3.05, 3.63) is 87.0 Å². The number of nitrogens with zero attached hydrogens (tertiary/aromatic N) is 2. The maximum absolute atomic E-state index is 16.8. The zero-order valence-corrected chi connectivity index (χ0v) is 32.3. The first-order valence-electron chi connectivity index (χ1n) is 18.0. The molecule has 1 aliphatic carbocycles. The predicted molar refractivity (Wildman–Crippen MR) is 200 cm³/mol. The lowest BCUT2D eigenvalue weighted by Gasteiger charge is -2.38. The van der Waals surface area contributed by atoms with Gasteiger partial charge < -0.3 is 29.4 Å². The summed E-state index contributed by atoms with van der Waals surface area (Å²) in [7, 11) is 2.32. The summed E-state index contributed by atoms with van der Waals surface area (Å²) in [4.78, 5) is 27.5. The van der Waals surface area contributed by atoms with Crippen LogP contribution in [0.3, 0.4) is 0 Å². The van der Waals surface area contributed by atoms with Crippen LogP contribution in [-0.4, -0.2) is 86.3 Å². The number of hydrogen-bond acceptors (Lipinski definition) is 6. The molecule has 6 rings (SSSR count). The largest absolute Gasteiger partial charge is 0.545 e. The lowest BCUT2D eigenvalue weighted by atomic mass is 9.85. The SMILES string of the molecule is O=C(NCCCCCOCCCCCCCl)c1c(F)c(F)c(C(=O)[O-])c(C2=C3C=CC(=[N+]4CC(F)C4)C=C3P(=O)(P)c3cc(N4CC(F)C4)ccc32)c1F. The molecule has 0 radical (unpaired) electrons. The van der Waals surface area contributed by atoms with Gasteiger partial charge in [0.05, 0.1) is 19.1 Å². The topological polar surface area (TPSA) is 102 Å². The molecule has 290 valence electrons. The Bertz CT molecular complexity index is 2010. The first-order valence-corrected chi connectivity index (χ1v) is 21.9. The molecule has 54 heavy (non-hydrogen) atoms. The molecule has 1 amide bonds. The summed E-state index contributed by atoms with van der Waals surface area (Å²) in [5, 5.41) is 15.1. The minimum atomic E-state index is -3.70. The van der Waals surface area contributed by atoms with Crippen molar-refractivity contribution in [2.24, 2.45) is 0 Å². The van der Waals surface area contributed by atoms with Crippen molar-refractivity contribution in [2.45, 2.75) is 57.3 Å². The van der Waals surface area contributed by atoms with Gasteiger partial charge >= 0.3 is 0 Å². The van der Waals surface area contributed by atoms with E-state index in [0.29, 0.717) is 49.8 Å². The van der Waals surface area contributed by atoms with Gasteiger partial charge in [0.2, 0.25) is 11.9 Å². The second-order valence-electron chi connectivity index (χ2n) is 13.8. The number of ether oxygens (including phenoxy) is 1. The van der Waals surface area contributed by atoms with Gasteiger partial charge in [0.25, 0.3) is 5.91 Å². The summed E-state index contributed by atoms with van der Waals surface area (Å²) in [6.07, 6.45) is 8.04. The monoisotopic (exact) mass is 811 g/mol. The van der Waals surface area contributed by atoms with Crippen molar-refractivity contribution >= 4 is 61.5 Å². The fourth-order valence-electron chi connectivity index (χ4n) is 7.06. The molecule has 4 aliphatic rings. The van der Waals surface area contributed by atoms with Crippen LogP contribution in [0.2, 0.25) is 0 Å². The Morgan fingerprint density at radius 2 is 1.61 bits per heavy atom. The van der Waals surface area contributed by atoms with Crippen LogP contribution in [0, 0.1) is 17.5 Å². The number of carboxylic acid groups (broad SMARTS) is 1. The van der Waals surface area contributed by atoms with Gasteiger partial charge in [-0.05, 0) is 61.4 Å². The second kappa shape index (κ2) is 17.2. The van der Waals surface area contributed by atoms with Crippen molar-refractivity contribution < 1.29 is 50.5 Å². The predicted octanol–water partition coefficient (Wildman–Crippen LogP) is 6.19. The maximum Gasteiger partial charge on any atom is 0.257 e. The van der Waals surface area contributed by atoms with E-state index in [9.17, 15) is 28.0 Å². The van der Waals surface area contributed by atoms with E-state index in [-0.39, 0.29) is 60.1 Å². The third kappa shape index (κ3) is 8.11. The Labute approximate surface area is 317 Å². The fourth-order valence-corrected chi connectivity index (χ4v) is 10.5. The highest BCUT2D eigenvalue weighted by Crippen LogP contribution is 2.68. The van der Waals surface area contributed by atoms with E-state index in [4.69, 9.17) is 16.3 Å². The van der Waals surface area contributed by atoms with Crippen LogP contribution in [0.4, 0.5) is 27.6 Å². The van der Waals surface area contributed by atoms with Crippen LogP contribution >= 0.6 is 27.4 Å². The number of alkyl halides is 3. The Morgan fingerprint density at radius 3 is 2.26 bits per heavy atom. The maximum atomic E-state index is 16.8. The molecule has 2 saturated heterocycles. The van der Waals surface area contributed by atoms with E-state index < -0.39 is 65.2 Å². The molecule has 0 aromatic heterocycles. The van der Waals surface area contributed by atoms with Crippen LogP contribution in [0.25, 0.3) is 5.57 Å². The third-order valence-corrected chi connectivity index (χ3v) is 14.2.